The largest absolute Gasteiger partial charge is 0.598 e. The van der Waals surface area contributed by atoms with Crippen LogP contribution in [0.25, 0.3) is 10.9 Å². The van der Waals surface area contributed by atoms with Crippen molar-refractivity contribution in [1.82, 2.24) is 14.3 Å². The van der Waals surface area contributed by atoms with Crippen molar-refractivity contribution in [1.29, 1.82) is 0 Å². The van der Waals surface area contributed by atoms with E-state index in [0.717, 1.165) is 16.9 Å². The van der Waals surface area contributed by atoms with E-state index in [4.69, 9.17) is 4.98 Å². The van der Waals surface area contributed by atoms with Gasteiger partial charge in [-0.3, -0.25) is 9.36 Å². The Kier molecular flexibility index (Phi) is 6.25. The van der Waals surface area contributed by atoms with Gasteiger partial charge >= 0.3 is 0 Å². The summed E-state index contributed by atoms with van der Waals surface area (Å²) in [5, 5.41) is 1.31. The van der Waals surface area contributed by atoms with Crippen LogP contribution in [0.5, 0.6) is 0 Å². The maximum atomic E-state index is 12.8. The fraction of sp³-hybridized carbons (Fsp3) is 0.556. The van der Waals surface area contributed by atoms with Gasteiger partial charge in [0.1, 0.15) is 4.75 Å². The van der Waals surface area contributed by atoms with Crippen LogP contribution in [-0.2, 0) is 18.4 Å². The van der Waals surface area contributed by atoms with Gasteiger partial charge in [-0.1, -0.05) is 24.8 Å². The van der Waals surface area contributed by atoms with E-state index >= 15 is 0 Å². The van der Waals surface area contributed by atoms with E-state index in [1.807, 2.05) is 53.7 Å². The summed E-state index contributed by atoms with van der Waals surface area (Å²) in [7, 11) is 1.76. The van der Waals surface area contributed by atoms with E-state index in [9.17, 15) is 9.35 Å². The van der Waals surface area contributed by atoms with Crippen LogP contribution < -0.4 is 10.3 Å². The molecule has 25 heavy (non-hydrogen) atoms. The van der Waals surface area contributed by atoms with Gasteiger partial charge in [0.05, 0.1) is 16.9 Å². The van der Waals surface area contributed by atoms with Gasteiger partial charge in [-0.2, -0.15) is 0 Å². The molecule has 0 saturated heterocycles. The number of hydrogen-bond donors (Lipinski definition) is 1. The van der Waals surface area contributed by atoms with Gasteiger partial charge in [0.2, 0.25) is 0 Å². The summed E-state index contributed by atoms with van der Waals surface area (Å²) in [5.41, 5.74) is 2.54. The standard InChI is InChI=1S/C18H27N3O2S2/c1-8-24-17-19-15-13(12(3)20-25(23)18(4,5)6)9-11(2)10-14(15)16(22)21(17)7/h9-10,12,20H,8H2,1-7H3/t12-,25-/m1/s1. The summed E-state index contributed by atoms with van der Waals surface area (Å²) >= 11 is 0.343. The topological polar surface area (TPSA) is 70.0 Å². The van der Waals surface area contributed by atoms with Crippen LogP contribution in [0.15, 0.2) is 22.1 Å². The minimum absolute atomic E-state index is 0.0463. The van der Waals surface area contributed by atoms with E-state index in [1.165, 1.54) is 0 Å². The fourth-order valence-corrected chi connectivity index (χ4v) is 4.01. The molecule has 1 N–H and O–H groups in total. The van der Waals surface area contributed by atoms with E-state index in [1.54, 1.807) is 23.4 Å². The molecular weight excluding hydrogens is 354 g/mol. The number of nitrogens with one attached hydrogen (secondary N) is 1. The first-order valence-corrected chi connectivity index (χ1v) is 10.5. The second-order valence-corrected chi connectivity index (χ2v) is 10.4. The molecule has 2 rings (SSSR count). The van der Waals surface area contributed by atoms with Gasteiger partial charge in [-0.05, 0) is 52.0 Å². The lowest BCUT2D eigenvalue weighted by atomic mass is 10.0. The quantitative estimate of drug-likeness (QED) is 0.488. The highest BCUT2D eigenvalue weighted by molar-refractivity contribution is 7.99. The number of aromatic nitrogens is 2. The third-order valence-corrected chi connectivity index (χ3v) is 6.49. The molecule has 0 spiro atoms. The van der Waals surface area contributed by atoms with Crippen molar-refractivity contribution in [3.8, 4) is 0 Å². The summed E-state index contributed by atoms with van der Waals surface area (Å²) in [6.45, 7) is 11.8. The van der Waals surface area contributed by atoms with Crippen LogP contribution in [0.3, 0.4) is 0 Å². The lowest BCUT2D eigenvalue weighted by Crippen LogP contribution is -2.40. The van der Waals surface area contributed by atoms with Crippen LogP contribution in [0.4, 0.5) is 0 Å². The van der Waals surface area contributed by atoms with Gasteiger partial charge in [-0.15, -0.1) is 4.72 Å². The lowest BCUT2D eigenvalue weighted by Gasteiger charge is -2.27. The molecule has 2 aromatic rings. The van der Waals surface area contributed by atoms with Crippen LogP contribution >= 0.6 is 11.8 Å². The molecule has 0 amide bonds. The fourth-order valence-electron chi connectivity index (χ4n) is 2.52. The Bertz CT molecular complexity index is 828. The third kappa shape index (κ3) is 4.39. The zero-order chi connectivity index (χ0) is 18.9. The Morgan fingerprint density at radius 2 is 2.04 bits per heavy atom. The van der Waals surface area contributed by atoms with Crippen molar-refractivity contribution in [2.45, 2.75) is 57.5 Å². The normalized spacial score (nSPS) is 14.7. The van der Waals surface area contributed by atoms with Gasteiger partial charge in [0, 0.05) is 24.0 Å². The molecule has 0 fully saturated rings. The van der Waals surface area contributed by atoms with Gasteiger partial charge in [0.25, 0.3) is 5.56 Å². The van der Waals surface area contributed by atoms with E-state index < -0.39 is 11.4 Å². The zero-order valence-corrected chi connectivity index (χ0v) is 17.6. The first-order chi connectivity index (χ1) is 11.6. The summed E-state index contributed by atoms with van der Waals surface area (Å²) in [6.07, 6.45) is 0. The van der Waals surface area contributed by atoms with Crippen molar-refractivity contribution in [3.05, 3.63) is 33.6 Å². The molecule has 0 aliphatic rings. The first kappa shape index (κ1) is 20.3. The predicted molar refractivity (Wildman–Crippen MR) is 108 cm³/mol. The maximum absolute atomic E-state index is 12.8. The number of fused-ring (bicyclic) bond motifs is 1. The Labute approximate surface area is 156 Å². The van der Waals surface area contributed by atoms with Crippen LogP contribution in [0.1, 0.15) is 51.8 Å². The summed E-state index contributed by atoms with van der Waals surface area (Å²) in [4.78, 5) is 17.5. The van der Waals surface area contributed by atoms with Crippen LogP contribution in [0, 0.1) is 6.92 Å². The minimum Gasteiger partial charge on any atom is -0.598 e. The van der Waals surface area contributed by atoms with Crippen LogP contribution in [-0.4, -0.2) is 24.6 Å². The molecule has 1 aromatic heterocycles. The Morgan fingerprint density at radius 1 is 1.40 bits per heavy atom. The third-order valence-electron chi connectivity index (χ3n) is 3.89. The molecule has 1 aromatic carbocycles. The first-order valence-electron chi connectivity index (χ1n) is 8.38. The molecule has 138 valence electrons. The molecule has 0 bridgehead atoms. The van der Waals surface area contributed by atoms with Crippen molar-refractivity contribution < 1.29 is 4.55 Å². The SMILES string of the molecule is CCSc1nc2c([C@@H](C)N[S@+]([O-])C(C)(C)C)cc(C)cc2c(=O)n1C. The second kappa shape index (κ2) is 7.70. The van der Waals surface area contributed by atoms with Crippen molar-refractivity contribution in [3.63, 3.8) is 0 Å². The smallest absolute Gasteiger partial charge is 0.261 e. The predicted octanol–water partition coefficient (Wildman–Crippen LogP) is 3.47. The number of hydrogen-bond acceptors (Lipinski definition) is 5. The van der Waals surface area contributed by atoms with E-state index in [-0.39, 0.29) is 16.3 Å². The monoisotopic (exact) mass is 381 g/mol. The van der Waals surface area contributed by atoms with E-state index in [0.29, 0.717) is 16.1 Å². The van der Waals surface area contributed by atoms with Crippen molar-refractivity contribution >= 4 is 34.0 Å². The summed E-state index contributed by atoms with van der Waals surface area (Å²) in [5.74, 6) is 0.842. The molecule has 0 aliphatic heterocycles. The number of rotatable bonds is 5. The lowest BCUT2D eigenvalue weighted by molar-refractivity contribution is 0.531. The van der Waals surface area contributed by atoms with Gasteiger partial charge in [0.15, 0.2) is 5.16 Å². The number of thioether (sulfide) groups is 1. The molecule has 0 aliphatic carbocycles. The molecule has 0 radical (unpaired) electrons. The van der Waals surface area contributed by atoms with Crippen LogP contribution in [0.2, 0.25) is 0 Å². The Hall–Kier alpha value is -1.02. The average Bonchev–Trinajstić information content (AvgIpc) is 2.51. The Balaban J connectivity index is 2.61. The number of nitrogens with zero attached hydrogens (tertiary/aromatic N) is 2. The van der Waals surface area contributed by atoms with E-state index in [2.05, 4.69) is 4.72 Å². The average molecular weight is 382 g/mol. The molecule has 0 saturated carbocycles. The highest BCUT2D eigenvalue weighted by Gasteiger charge is 2.29. The molecule has 5 nitrogen and oxygen atoms in total. The molecule has 1 heterocycles. The highest BCUT2D eigenvalue weighted by Crippen LogP contribution is 2.27. The minimum atomic E-state index is -1.20. The number of benzene rings is 1. The van der Waals surface area contributed by atoms with Crippen molar-refractivity contribution in [2.75, 3.05) is 5.75 Å². The van der Waals surface area contributed by atoms with Crippen molar-refractivity contribution in [2.24, 2.45) is 7.05 Å². The maximum Gasteiger partial charge on any atom is 0.261 e. The Morgan fingerprint density at radius 3 is 2.60 bits per heavy atom. The second-order valence-electron chi connectivity index (χ2n) is 7.16. The molecule has 7 heteroatoms. The molecule has 0 unspecified atom stereocenters. The molecular formula is C18H27N3O2S2. The number of aryl methyl sites for hydroxylation is 1. The summed E-state index contributed by atoms with van der Waals surface area (Å²) in [6, 6.07) is 3.72. The van der Waals surface area contributed by atoms with Gasteiger partial charge in [-0.25, -0.2) is 4.98 Å². The highest BCUT2D eigenvalue weighted by atomic mass is 32.2. The molecule has 2 atom stereocenters. The zero-order valence-electron chi connectivity index (χ0n) is 16.0. The summed E-state index contributed by atoms with van der Waals surface area (Å²) < 4.78 is 16.9. The van der Waals surface area contributed by atoms with Gasteiger partial charge < -0.3 is 4.55 Å².